The number of hydrogen-bond donors (Lipinski definition) is 4. The smallest absolute Gasteiger partial charge is 0.240 e. The summed E-state index contributed by atoms with van der Waals surface area (Å²) in [5.74, 6) is 2.23. The van der Waals surface area contributed by atoms with Crippen molar-refractivity contribution >= 4 is 44.3 Å². The van der Waals surface area contributed by atoms with Crippen LogP contribution in [0.25, 0.3) is 10.9 Å². The maximum atomic E-state index is 12.5. The predicted octanol–water partition coefficient (Wildman–Crippen LogP) is 4.49. The Morgan fingerprint density at radius 1 is 0.914 bits per heavy atom. The van der Waals surface area contributed by atoms with Crippen LogP contribution in [0.15, 0.2) is 53.4 Å². The third kappa shape index (κ3) is 7.27. The fraction of sp³-hybridized carbons (Fsp3) is 0.440. The van der Waals surface area contributed by atoms with E-state index in [1.807, 2.05) is 24.3 Å². The zero-order valence-electron chi connectivity index (χ0n) is 19.0. The number of nitrogens with one attached hydrogen (secondary N) is 3. The summed E-state index contributed by atoms with van der Waals surface area (Å²) >= 11 is 5.86. The lowest BCUT2D eigenvalue weighted by molar-refractivity contribution is 0.284. The molecular weight excluding hydrogens is 484 g/mol. The van der Waals surface area contributed by atoms with Crippen LogP contribution >= 0.6 is 11.6 Å². The minimum atomic E-state index is -3.52. The molecule has 0 atom stereocenters. The van der Waals surface area contributed by atoms with Crippen LogP contribution in [0.4, 0.5) is 11.8 Å². The normalized spacial score (nSPS) is 18.1. The van der Waals surface area contributed by atoms with Crippen LogP contribution in [0.1, 0.15) is 33.1 Å². The van der Waals surface area contributed by atoms with Crippen molar-refractivity contribution < 1.29 is 8.42 Å². The Kier molecular flexibility index (Phi) is 9.68. The maximum Gasteiger partial charge on any atom is 0.240 e. The molecule has 0 spiro atoms. The van der Waals surface area contributed by atoms with Gasteiger partial charge in [-0.15, -0.1) is 0 Å². The first-order valence-corrected chi connectivity index (χ1v) is 13.5. The van der Waals surface area contributed by atoms with Gasteiger partial charge in [-0.3, -0.25) is 0 Å². The second kappa shape index (κ2) is 12.5. The molecule has 35 heavy (non-hydrogen) atoms. The van der Waals surface area contributed by atoms with Gasteiger partial charge >= 0.3 is 0 Å². The highest BCUT2D eigenvalue weighted by molar-refractivity contribution is 7.89. The minimum absolute atomic E-state index is 0. The van der Waals surface area contributed by atoms with Crippen molar-refractivity contribution in [3.8, 4) is 0 Å². The van der Waals surface area contributed by atoms with Crippen molar-refractivity contribution in [2.45, 2.75) is 38.0 Å². The first kappa shape index (κ1) is 27.1. The van der Waals surface area contributed by atoms with E-state index in [0.29, 0.717) is 42.4 Å². The molecule has 0 radical (unpaired) electrons. The van der Waals surface area contributed by atoms with E-state index < -0.39 is 10.0 Å². The van der Waals surface area contributed by atoms with E-state index in [2.05, 4.69) is 25.3 Å². The maximum absolute atomic E-state index is 12.5. The van der Waals surface area contributed by atoms with Gasteiger partial charge in [-0.05, 0) is 73.9 Å². The highest BCUT2D eigenvalue weighted by Crippen LogP contribution is 2.29. The summed E-state index contributed by atoms with van der Waals surface area (Å²) < 4.78 is 27.8. The van der Waals surface area contributed by atoms with Gasteiger partial charge in [0.1, 0.15) is 5.82 Å². The number of halogens is 1. The molecule has 190 valence electrons. The zero-order valence-corrected chi connectivity index (χ0v) is 20.6. The van der Waals surface area contributed by atoms with Crippen molar-refractivity contribution in [1.29, 1.82) is 0 Å². The van der Waals surface area contributed by atoms with Crippen molar-refractivity contribution in [2.24, 2.45) is 17.6 Å². The molecule has 4 rings (SSSR count). The lowest BCUT2D eigenvalue weighted by Gasteiger charge is -2.28. The summed E-state index contributed by atoms with van der Waals surface area (Å²) in [7, 11) is -3.52. The summed E-state index contributed by atoms with van der Waals surface area (Å²) in [4.78, 5) is 9.55. The number of aromatic nitrogens is 2. The van der Waals surface area contributed by atoms with Gasteiger partial charge in [0.2, 0.25) is 16.0 Å². The molecular formula is C25H35ClN6O2S. The standard InChI is InChI=1S/C24H31ClN6O2S.CH4/c25-19-9-11-20(12-10-19)34(32,33)29-16-18-7-5-17(6-8-18)15-28-24-30-22-4-2-1-3-21(22)23(31-24)27-14-13-26;/h1-4,9-12,17-18,29H,5-8,13-16,26H2,(H2,27,28,30,31);1H4. The second-order valence-corrected chi connectivity index (χ2v) is 10.9. The van der Waals surface area contributed by atoms with Crippen LogP contribution in [-0.2, 0) is 10.0 Å². The Labute approximate surface area is 213 Å². The third-order valence-corrected chi connectivity index (χ3v) is 7.93. The third-order valence-electron chi connectivity index (χ3n) is 6.24. The van der Waals surface area contributed by atoms with E-state index >= 15 is 0 Å². The lowest BCUT2D eigenvalue weighted by Crippen LogP contribution is -2.32. The summed E-state index contributed by atoms with van der Waals surface area (Å²) in [6.45, 7) is 2.42. The highest BCUT2D eigenvalue weighted by Gasteiger charge is 2.23. The van der Waals surface area contributed by atoms with E-state index in [4.69, 9.17) is 17.3 Å². The molecule has 0 bridgehead atoms. The van der Waals surface area contributed by atoms with Crippen molar-refractivity contribution in [3.63, 3.8) is 0 Å². The molecule has 1 aliphatic rings. The number of para-hydroxylation sites is 1. The van der Waals surface area contributed by atoms with Gasteiger partial charge in [-0.25, -0.2) is 18.1 Å². The highest BCUT2D eigenvalue weighted by atomic mass is 35.5. The molecule has 0 unspecified atom stereocenters. The molecule has 5 N–H and O–H groups in total. The molecule has 0 saturated heterocycles. The second-order valence-electron chi connectivity index (χ2n) is 8.70. The largest absolute Gasteiger partial charge is 0.368 e. The molecule has 10 heteroatoms. The number of fused-ring (bicyclic) bond motifs is 1. The Morgan fingerprint density at radius 3 is 2.26 bits per heavy atom. The molecule has 0 aliphatic heterocycles. The van der Waals surface area contributed by atoms with E-state index in [1.54, 1.807) is 12.1 Å². The van der Waals surface area contributed by atoms with E-state index in [1.165, 1.54) is 12.1 Å². The Balaban J connectivity index is 0.00000342. The summed E-state index contributed by atoms with van der Waals surface area (Å²) in [6, 6.07) is 14.1. The molecule has 1 aliphatic carbocycles. The first-order valence-electron chi connectivity index (χ1n) is 11.6. The number of nitrogens with zero attached hydrogens (tertiary/aromatic N) is 2. The minimum Gasteiger partial charge on any atom is -0.368 e. The average molecular weight is 519 g/mol. The first-order chi connectivity index (χ1) is 16.4. The van der Waals surface area contributed by atoms with Crippen LogP contribution in [0.3, 0.4) is 0 Å². The number of sulfonamides is 1. The van der Waals surface area contributed by atoms with E-state index in [0.717, 1.165) is 48.9 Å². The molecule has 1 fully saturated rings. The molecule has 8 nitrogen and oxygen atoms in total. The number of anilines is 2. The fourth-order valence-corrected chi connectivity index (χ4v) is 5.52. The van der Waals surface area contributed by atoms with Gasteiger partial charge in [0.25, 0.3) is 0 Å². The van der Waals surface area contributed by atoms with Crippen LogP contribution in [0.5, 0.6) is 0 Å². The van der Waals surface area contributed by atoms with Crippen LogP contribution in [-0.4, -0.2) is 44.6 Å². The Hall–Kier alpha value is -2.46. The quantitative estimate of drug-likeness (QED) is 0.312. The summed E-state index contributed by atoms with van der Waals surface area (Å²) in [5.41, 5.74) is 6.53. The number of nitrogens with two attached hydrogens (primary N) is 1. The zero-order chi connectivity index (χ0) is 24.0. The Bertz CT molecular complexity index is 1200. The average Bonchev–Trinajstić information content (AvgIpc) is 2.85. The number of rotatable bonds is 10. The van der Waals surface area contributed by atoms with Gasteiger partial charge in [0, 0.05) is 36.6 Å². The van der Waals surface area contributed by atoms with Gasteiger partial charge in [0.15, 0.2) is 0 Å². The fourth-order valence-electron chi connectivity index (χ4n) is 4.28. The van der Waals surface area contributed by atoms with Crippen molar-refractivity contribution in [1.82, 2.24) is 14.7 Å². The molecule has 1 heterocycles. The van der Waals surface area contributed by atoms with E-state index in [9.17, 15) is 8.42 Å². The van der Waals surface area contributed by atoms with Crippen molar-refractivity contribution in [2.75, 3.05) is 36.8 Å². The van der Waals surface area contributed by atoms with Crippen LogP contribution in [0, 0.1) is 11.8 Å². The van der Waals surface area contributed by atoms with Gasteiger partial charge in [-0.1, -0.05) is 31.2 Å². The number of hydrogen-bond acceptors (Lipinski definition) is 7. The predicted molar refractivity (Wildman–Crippen MR) is 144 cm³/mol. The van der Waals surface area contributed by atoms with Gasteiger partial charge in [0.05, 0.1) is 10.4 Å². The molecule has 1 aromatic heterocycles. The summed E-state index contributed by atoms with van der Waals surface area (Å²) in [6.07, 6.45) is 4.03. The van der Waals surface area contributed by atoms with Gasteiger partial charge < -0.3 is 16.4 Å². The molecule has 0 amide bonds. The monoisotopic (exact) mass is 518 g/mol. The lowest BCUT2D eigenvalue weighted by atomic mass is 9.82. The van der Waals surface area contributed by atoms with Crippen LogP contribution < -0.4 is 21.1 Å². The Morgan fingerprint density at radius 2 is 1.57 bits per heavy atom. The summed E-state index contributed by atoms with van der Waals surface area (Å²) in [5, 5.41) is 8.18. The van der Waals surface area contributed by atoms with Gasteiger partial charge in [-0.2, -0.15) is 4.98 Å². The topological polar surface area (TPSA) is 122 Å². The van der Waals surface area contributed by atoms with Crippen LogP contribution in [0.2, 0.25) is 5.02 Å². The molecule has 2 aromatic carbocycles. The SMILES string of the molecule is C.NCCNc1nc(NCC2CCC(CNS(=O)(=O)c3ccc(Cl)cc3)CC2)nc2ccccc12. The van der Waals surface area contributed by atoms with E-state index in [-0.39, 0.29) is 12.3 Å². The number of benzene rings is 2. The molecule has 3 aromatic rings. The van der Waals surface area contributed by atoms with Crippen molar-refractivity contribution in [3.05, 3.63) is 53.6 Å². The molecule has 1 saturated carbocycles.